The number of carbonyl (C=O) groups excluding carboxylic acids is 2. The first-order valence-electron chi connectivity index (χ1n) is 11.4. The first kappa shape index (κ1) is 22.5. The lowest BCUT2D eigenvalue weighted by atomic mass is 9.64. The van der Waals surface area contributed by atoms with Crippen LogP contribution in [-0.2, 0) is 9.47 Å². The number of piperidine rings is 1. The molecule has 1 atom stereocenters. The van der Waals surface area contributed by atoms with E-state index >= 15 is 0 Å². The molecule has 3 saturated heterocycles. The Morgan fingerprint density at radius 1 is 1.03 bits per heavy atom. The van der Waals surface area contributed by atoms with E-state index in [4.69, 9.17) is 4.74 Å². The van der Waals surface area contributed by atoms with Crippen molar-refractivity contribution in [3.63, 3.8) is 0 Å². The summed E-state index contributed by atoms with van der Waals surface area (Å²) in [5, 5.41) is 0. The second kappa shape index (κ2) is 8.67. The van der Waals surface area contributed by atoms with E-state index in [-0.39, 0.29) is 23.5 Å². The maximum Gasteiger partial charge on any atom is 0.576 e. The van der Waals surface area contributed by atoms with Gasteiger partial charge in [-0.3, -0.25) is 0 Å². The minimum Gasteiger partial charge on any atom is -0.450 e. The van der Waals surface area contributed by atoms with Gasteiger partial charge in [0.15, 0.2) is 0 Å². The summed E-state index contributed by atoms with van der Waals surface area (Å²) in [7, 11) is 0. The first-order chi connectivity index (χ1) is 14.7. The van der Waals surface area contributed by atoms with Gasteiger partial charge >= 0.3 is 18.5 Å². The van der Waals surface area contributed by atoms with Crippen LogP contribution in [0.4, 0.5) is 22.8 Å². The number of amides is 2. The summed E-state index contributed by atoms with van der Waals surface area (Å²) >= 11 is 0. The van der Waals surface area contributed by atoms with E-state index in [1.54, 1.807) is 0 Å². The lowest BCUT2D eigenvalue weighted by Gasteiger charge is -2.52. The number of alkyl halides is 3. The fourth-order valence-electron chi connectivity index (χ4n) is 6.17. The molecule has 3 aliphatic heterocycles. The quantitative estimate of drug-likeness (QED) is 0.658. The molecule has 0 unspecified atom stereocenters. The number of nitrogens with zero attached hydrogens (tertiary/aromatic N) is 3. The number of carbonyl (C=O) groups is 2. The van der Waals surface area contributed by atoms with Gasteiger partial charge in [0.25, 0.3) is 0 Å². The van der Waals surface area contributed by atoms with Crippen molar-refractivity contribution in [3.8, 4) is 0 Å². The van der Waals surface area contributed by atoms with Crippen LogP contribution in [0, 0.1) is 11.3 Å². The SMILES string of the molecule is CCOC(=O)N1CCC2(CC(N3CCC([C@@H]4CCCN4C(=O)OC(F)(F)F)CC3)C2)C1. The van der Waals surface area contributed by atoms with Crippen LogP contribution in [0.1, 0.15) is 51.9 Å². The average Bonchev–Trinajstić information content (AvgIpc) is 3.34. The summed E-state index contributed by atoms with van der Waals surface area (Å²) in [6, 6.07) is 0.357. The third kappa shape index (κ3) is 4.88. The monoisotopic (exact) mass is 447 g/mol. The Bertz CT molecular complexity index is 675. The van der Waals surface area contributed by atoms with Gasteiger partial charge in [0, 0.05) is 31.7 Å². The molecule has 176 valence electrons. The van der Waals surface area contributed by atoms with Crippen LogP contribution >= 0.6 is 0 Å². The molecule has 1 spiro atoms. The zero-order chi connectivity index (χ0) is 22.2. The van der Waals surface area contributed by atoms with Crippen LogP contribution in [-0.4, -0.2) is 84.7 Å². The molecule has 0 aromatic rings. The third-order valence-corrected chi connectivity index (χ3v) is 7.67. The molecule has 2 amide bonds. The Kier molecular flexibility index (Phi) is 6.29. The minimum atomic E-state index is -4.93. The van der Waals surface area contributed by atoms with Crippen LogP contribution in [0.15, 0.2) is 0 Å². The molecule has 3 heterocycles. The van der Waals surface area contributed by atoms with Crippen molar-refractivity contribution in [2.24, 2.45) is 11.3 Å². The summed E-state index contributed by atoms with van der Waals surface area (Å²) < 4.78 is 46.1. The fraction of sp³-hybridized carbons (Fsp3) is 0.905. The molecule has 4 fully saturated rings. The molecular weight excluding hydrogens is 415 g/mol. The second-order valence-corrected chi connectivity index (χ2v) is 9.52. The molecule has 0 aromatic heterocycles. The zero-order valence-corrected chi connectivity index (χ0v) is 18.0. The van der Waals surface area contributed by atoms with E-state index in [1.807, 2.05) is 11.8 Å². The topological polar surface area (TPSA) is 62.3 Å². The molecule has 7 nitrogen and oxygen atoms in total. The van der Waals surface area contributed by atoms with Gasteiger partial charge in [0.2, 0.25) is 0 Å². The Labute approximate surface area is 180 Å². The van der Waals surface area contributed by atoms with Crippen LogP contribution in [0.2, 0.25) is 0 Å². The van der Waals surface area contributed by atoms with Crippen LogP contribution < -0.4 is 0 Å². The second-order valence-electron chi connectivity index (χ2n) is 9.52. The fourth-order valence-corrected chi connectivity index (χ4v) is 6.17. The van der Waals surface area contributed by atoms with Gasteiger partial charge in [0.1, 0.15) is 0 Å². The average molecular weight is 447 g/mol. The van der Waals surface area contributed by atoms with E-state index in [9.17, 15) is 22.8 Å². The first-order valence-corrected chi connectivity index (χ1v) is 11.4. The van der Waals surface area contributed by atoms with Crippen molar-refractivity contribution >= 4 is 12.2 Å². The number of halogens is 3. The van der Waals surface area contributed by atoms with E-state index in [0.717, 1.165) is 71.1 Å². The van der Waals surface area contributed by atoms with E-state index in [1.165, 1.54) is 4.90 Å². The molecule has 10 heteroatoms. The molecule has 0 radical (unpaired) electrons. The van der Waals surface area contributed by atoms with E-state index in [2.05, 4.69) is 9.64 Å². The lowest BCUT2D eigenvalue weighted by molar-refractivity contribution is -0.295. The highest BCUT2D eigenvalue weighted by molar-refractivity contribution is 5.69. The Morgan fingerprint density at radius 2 is 1.74 bits per heavy atom. The van der Waals surface area contributed by atoms with Crippen LogP contribution in [0.25, 0.3) is 0 Å². The summed E-state index contributed by atoms with van der Waals surface area (Å²) in [4.78, 5) is 29.5. The number of hydrogen-bond donors (Lipinski definition) is 0. The Balaban J connectivity index is 1.23. The highest BCUT2D eigenvalue weighted by Crippen LogP contribution is 2.51. The van der Waals surface area contributed by atoms with Crippen LogP contribution in [0.3, 0.4) is 0 Å². The number of hydrogen-bond acceptors (Lipinski definition) is 5. The molecule has 0 N–H and O–H groups in total. The van der Waals surface area contributed by atoms with Gasteiger partial charge in [-0.2, -0.15) is 0 Å². The predicted octanol–water partition coefficient (Wildman–Crippen LogP) is 3.83. The maximum atomic E-state index is 12.4. The highest BCUT2D eigenvalue weighted by atomic mass is 19.4. The number of rotatable bonds is 3. The minimum absolute atomic E-state index is 0.155. The summed E-state index contributed by atoms with van der Waals surface area (Å²) in [5.74, 6) is 0.222. The number of ether oxygens (including phenoxy) is 2. The third-order valence-electron chi connectivity index (χ3n) is 7.67. The van der Waals surface area contributed by atoms with E-state index in [0.29, 0.717) is 19.2 Å². The Morgan fingerprint density at radius 3 is 2.39 bits per heavy atom. The molecule has 4 rings (SSSR count). The summed E-state index contributed by atoms with van der Waals surface area (Å²) in [6.07, 6.45) is 0.0291. The van der Waals surface area contributed by atoms with Gasteiger partial charge in [-0.25, -0.2) is 9.59 Å². The van der Waals surface area contributed by atoms with E-state index < -0.39 is 12.5 Å². The summed E-state index contributed by atoms with van der Waals surface area (Å²) in [6.45, 7) is 5.90. The van der Waals surface area contributed by atoms with Crippen molar-refractivity contribution in [3.05, 3.63) is 0 Å². The molecule has 1 aliphatic carbocycles. The van der Waals surface area contributed by atoms with Gasteiger partial charge in [-0.1, -0.05) is 0 Å². The molecule has 4 aliphatic rings. The normalized spacial score (nSPS) is 32.4. The highest BCUT2D eigenvalue weighted by Gasteiger charge is 2.52. The van der Waals surface area contributed by atoms with Gasteiger partial charge in [-0.05, 0) is 76.3 Å². The van der Waals surface area contributed by atoms with Gasteiger partial charge < -0.3 is 24.2 Å². The Hall–Kier alpha value is -1.71. The van der Waals surface area contributed by atoms with Crippen molar-refractivity contribution in [1.82, 2.24) is 14.7 Å². The largest absolute Gasteiger partial charge is 0.576 e. The molecule has 1 saturated carbocycles. The molecule has 31 heavy (non-hydrogen) atoms. The smallest absolute Gasteiger partial charge is 0.450 e. The maximum absolute atomic E-state index is 12.4. The molecule has 0 aromatic carbocycles. The van der Waals surface area contributed by atoms with Gasteiger partial charge in [0.05, 0.1) is 6.61 Å². The van der Waals surface area contributed by atoms with Gasteiger partial charge in [-0.15, -0.1) is 13.2 Å². The lowest BCUT2D eigenvalue weighted by Crippen LogP contribution is -2.55. The molecular formula is C21H32F3N3O4. The zero-order valence-electron chi connectivity index (χ0n) is 18.0. The van der Waals surface area contributed by atoms with Crippen molar-refractivity contribution < 1.29 is 32.2 Å². The van der Waals surface area contributed by atoms with Crippen LogP contribution in [0.5, 0.6) is 0 Å². The standard InChI is InChI=1S/C21H32F3N3O4/c1-2-30-18(28)26-11-7-20(14-26)12-16(13-20)25-9-5-15(6-10-25)17-4-3-8-27(17)19(29)31-21(22,23)24/h15-17H,2-14H2,1H3/t16?,17-,20?/m0/s1. The molecule has 0 bridgehead atoms. The predicted molar refractivity (Wildman–Crippen MR) is 105 cm³/mol. The van der Waals surface area contributed by atoms with Crippen molar-refractivity contribution in [1.29, 1.82) is 0 Å². The summed E-state index contributed by atoms with van der Waals surface area (Å²) in [5.41, 5.74) is 0.220. The van der Waals surface area contributed by atoms with Crippen molar-refractivity contribution in [2.45, 2.75) is 70.3 Å². The van der Waals surface area contributed by atoms with Crippen molar-refractivity contribution in [2.75, 3.05) is 39.3 Å². The number of likely N-dealkylation sites (tertiary alicyclic amines) is 3.